The summed E-state index contributed by atoms with van der Waals surface area (Å²) < 4.78 is 4.84. The van der Waals surface area contributed by atoms with Crippen LogP contribution in [-0.4, -0.2) is 13.1 Å². The molecule has 0 aromatic heterocycles. The van der Waals surface area contributed by atoms with Crippen molar-refractivity contribution in [3.8, 4) is 0 Å². The molecule has 0 amide bonds. The zero-order chi connectivity index (χ0) is 16.9. The number of benzene rings is 1. The molecular formula is C22H24O2. The van der Waals surface area contributed by atoms with Gasteiger partial charge in [-0.3, -0.25) is 4.79 Å². The predicted octanol–water partition coefficient (Wildman–Crippen LogP) is 4.80. The van der Waals surface area contributed by atoms with Crippen molar-refractivity contribution >= 4 is 5.97 Å². The molecule has 0 unspecified atom stereocenters. The first-order valence-corrected chi connectivity index (χ1v) is 8.52. The minimum atomic E-state index is -0.151. The highest BCUT2D eigenvalue weighted by molar-refractivity contribution is 5.69. The van der Waals surface area contributed by atoms with Crippen LogP contribution in [0.3, 0.4) is 0 Å². The molecule has 0 heterocycles. The number of carbonyl (C=O) groups is 1. The fraction of sp³-hybridized carbons (Fsp3) is 0.318. The van der Waals surface area contributed by atoms with E-state index < -0.39 is 0 Å². The number of allylic oxidation sites excluding steroid dienone is 8. The monoisotopic (exact) mass is 320 g/mol. The molecule has 2 aliphatic rings. The minimum Gasteiger partial charge on any atom is -0.469 e. The Hall–Kier alpha value is -2.35. The van der Waals surface area contributed by atoms with Crippen LogP contribution in [0.1, 0.15) is 24.8 Å². The van der Waals surface area contributed by atoms with Crippen LogP contribution in [0.5, 0.6) is 0 Å². The lowest BCUT2D eigenvalue weighted by Crippen LogP contribution is -2.26. The molecule has 2 aliphatic carbocycles. The van der Waals surface area contributed by atoms with Gasteiger partial charge in [0.1, 0.15) is 0 Å². The molecular weight excluding hydrogens is 296 g/mol. The summed E-state index contributed by atoms with van der Waals surface area (Å²) in [4.78, 5) is 11.7. The third kappa shape index (κ3) is 3.76. The third-order valence-electron chi connectivity index (χ3n) is 4.89. The van der Waals surface area contributed by atoms with Crippen molar-refractivity contribution < 1.29 is 9.53 Å². The third-order valence-corrected chi connectivity index (χ3v) is 4.89. The van der Waals surface area contributed by atoms with Crippen molar-refractivity contribution in [3.63, 3.8) is 0 Å². The van der Waals surface area contributed by atoms with Gasteiger partial charge in [0, 0.05) is 17.3 Å². The van der Waals surface area contributed by atoms with E-state index in [2.05, 4.69) is 72.9 Å². The van der Waals surface area contributed by atoms with Crippen LogP contribution in [-0.2, 0) is 16.0 Å². The average molecular weight is 320 g/mol. The number of methoxy groups -OCH3 is 1. The van der Waals surface area contributed by atoms with Crippen LogP contribution in [0.4, 0.5) is 0 Å². The highest BCUT2D eigenvalue weighted by Crippen LogP contribution is 2.42. The van der Waals surface area contributed by atoms with Gasteiger partial charge < -0.3 is 4.74 Å². The maximum Gasteiger partial charge on any atom is 0.305 e. The summed E-state index contributed by atoms with van der Waals surface area (Å²) in [6.07, 6.45) is 21.1. The minimum absolute atomic E-state index is 0.0935. The standard InChI is InChI=1S/C22H24O2/c1-24-20(23)10-13-22(18-19-8-4-2-5-9-19)16-14-21(15-17-22)11-6-3-7-12-21/h2,4-9,11-12,14-17H,3,10,13,18H2,1H3. The highest BCUT2D eigenvalue weighted by Gasteiger charge is 2.32. The van der Waals surface area contributed by atoms with Gasteiger partial charge in [0.05, 0.1) is 7.11 Å². The van der Waals surface area contributed by atoms with Gasteiger partial charge in [0.25, 0.3) is 0 Å². The number of esters is 1. The van der Waals surface area contributed by atoms with E-state index in [0.29, 0.717) is 6.42 Å². The second-order valence-corrected chi connectivity index (χ2v) is 6.68. The molecule has 1 spiro atoms. The largest absolute Gasteiger partial charge is 0.469 e. The quantitative estimate of drug-likeness (QED) is 0.575. The van der Waals surface area contributed by atoms with Crippen molar-refractivity contribution in [2.45, 2.75) is 25.7 Å². The molecule has 2 heteroatoms. The normalized spacial score (nSPS) is 19.5. The summed E-state index contributed by atoms with van der Waals surface area (Å²) in [5.41, 5.74) is 1.05. The van der Waals surface area contributed by atoms with E-state index in [0.717, 1.165) is 19.3 Å². The van der Waals surface area contributed by atoms with Gasteiger partial charge in [-0.15, -0.1) is 0 Å². The molecule has 0 aliphatic heterocycles. The number of ether oxygens (including phenoxy) is 1. The first-order valence-electron chi connectivity index (χ1n) is 8.52. The Morgan fingerprint density at radius 3 is 2.29 bits per heavy atom. The molecule has 0 N–H and O–H groups in total. The zero-order valence-corrected chi connectivity index (χ0v) is 14.2. The Morgan fingerprint density at radius 1 is 1.00 bits per heavy atom. The maximum atomic E-state index is 11.7. The topological polar surface area (TPSA) is 26.3 Å². The summed E-state index contributed by atoms with van der Waals surface area (Å²) in [5, 5.41) is 0. The second kappa shape index (κ2) is 7.04. The van der Waals surface area contributed by atoms with E-state index in [4.69, 9.17) is 4.74 Å². The summed E-state index contributed by atoms with van der Waals surface area (Å²) in [7, 11) is 1.45. The van der Waals surface area contributed by atoms with Crippen LogP contribution in [0.25, 0.3) is 0 Å². The van der Waals surface area contributed by atoms with Gasteiger partial charge in [-0.1, -0.05) is 78.9 Å². The fourth-order valence-corrected chi connectivity index (χ4v) is 3.42. The van der Waals surface area contributed by atoms with E-state index >= 15 is 0 Å². The molecule has 124 valence electrons. The molecule has 0 radical (unpaired) electrons. The molecule has 0 atom stereocenters. The van der Waals surface area contributed by atoms with Crippen LogP contribution in [0.15, 0.2) is 78.9 Å². The Morgan fingerprint density at radius 2 is 1.67 bits per heavy atom. The molecule has 0 bridgehead atoms. The molecule has 0 fully saturated rings. The Balaban J connectivity index is 1.84. The molecule has 2 nitrogen and oxygen atoms in total. The second-order valence-electron chi connectivity index (χ2n) is 6.68. The van der Waals surface area contributed by atoms with Gasteiger partial charge in [-0.2, -0.15) is 0 Å². The van der Waals surface area contributed by atoms with Crippen molar-refractivity contribution in [1.82, 2.24) is 0 Å². The summed E-state index contributed by atoms with van der Waals surface area (Å²) >= 11 is 0. The number of hydrogen-bond acceptors (Lipinski definition) is 2. The first-order chi connectivity index (χ1) is 11.7. The molecule has 0 saturated carbocycles. The molecule has 1 aromatic carbocycles. The van der Waals surface area contributed by atoms with Gasteiger partial charge in [-0.25, -0.2) is 0 Å². The Kier molecular flexibility index (Phi) is 4.84. The smallest absolute Gasteiger partial charge is 0.305 e. The summed E-state index contributed by atoms with van der Waals surface area (Å²) in [5.74, 6) is -0.151. The average Bonchev–Trinajstić information content (AvgIpc) is 2.64. The van der Waals surface area contributed by atoms with Crippen LogP contribution < -0.4 is 0 Å². The van der Waals surface area contributed by atoms with E-state index in [1.165, 1.54) is 12.7 Å². The fourth-order valence-electron chi connectivity index (χ4n) is 3.42. The Labute approximate surface area is 144 Å². The van der Waals surface area contributed by atoms with E-state index in [1.807, 2.05) is 6.07 Å². The van der Waals surface area contributed by atoms with Gasteiger partial charge >= 0.3 is 5.97 Å². The predicted molar refractivity (Wildman–Crippen MR) is 97.4 cm³/mol. The van der Waals surface area contributed by atoms with Crippen molar-refractivity contribution in [1.29, 1.82) is 0 Å². The van der Waals surface area contributed by atoms with Crippen molar-refractivity contribution in [2.75, 3.05) is 7.11 Å². The lowest BCUT2D eigenvalue weighted by molar-refractivity contribution is -0.141. The molecule has 3 rings (SSSR count). The molecule has 1 aromatic rings. The number of hydrogen-bond donors (Lipinski definition) is 0. The molecule has 0 saturated heterocycles. The van der Waals surface area contributed by atoms with E-state index in [9.17, 15) is 4.79 Å². The number of carbonyl (C=O) groups excluding carboxylic acids is 1. The van der Waals surface area contributed by atoms with E-state index in [-0.39, 0.29) is 16.8 Å². The Bertz CT molecular complexity index is 664. The zero-order valence-electron chi connectivity index (χ0n) is 14.2. The van der Waals surface area contributed by atoms with Crippen LogP contribution in [0.2, 0.25) is 0 Å². The van der Waals surface area contributed by atoms with Crippen LogP contribution in [0, 0.1) is 10.8 Å². The van der Waals surface area contributed by atoms with Gasteiger partial charge in [-0.05, 0) is 24.8 Å². The highest BCUT2D eigenvalue weighted by atomic mass is 16.5. The maximum absolute atomic E-state index is 11.7. The summed E-state index contributed by atoms with van der Waals surface area (Å²) in [6.45, 7) is 0. The van der Waals surface area contributed by atoms with Crippen molar-refractivity contribution in [3.05, 3.63) is 84.5 Å². The lowest BCUT2D eigenvalue weighted by atomic mass is 9.69. The molecule has 24 heavy (non-hydrogen) atoms. The summed E-state index contributed by atoms with van der Waals surface area (Å²) in [6, 6.07) is 10.4. The SMILES string of the molecule is COC(=O)CCC1(Cc2ccccc2)C=CC2(C=CCC=C2)C=C1. The number of rotatable bonds is 5. The lowest BCUT2D eigenvalue weighted by Gasteiger charge is -2.35. The van der Waals surface area contributed by atoms with E-state index in [1.54, 1.807) is 0 Å². The van der Waals surface area contributed by atoms with Gasteiger partial charge in [0.2, 0.25) is 0 Å². The van der Waals surface area contributed by atoms with Gasteiger partial charge in [0.15, 0.2) is 0 Å². The van der Waals surface area contributed by atoms with Crippen molar-refractivity contribution in [2.24, 2.45) is 10.8 Å². The first kappa shape index (κ1) is 16.5. The van der Waals surface area contributed by atoms with Crippen LogP contribution >= 0.6 is 0 Å².